The van der Waals surface area contributed by atoms with E-state index >= 15 is 0 Å². The Balaban J connectivity index is 2.74. The number of carbonyl (C=O) groups excluding carboxylic acids is 1. The average Bonchev–Trinajstić information content (AvgIpc) is 2.33. The maximum Gasteiger partial charge on any atom is 0.416 e. The minimum absolute atomic E-state index is 0.0194. The molecule has 0 saturated carbocycles. The zero-order chi connectivity index (χ0) is 14.5. The van der Waals surface area contributed by atoms with E-state index in [1.165, 1.54) is 0 Å². The van der Waals surface area contributed by atoms with Crippen LogP contribution in [-0.4, -0.2) is 24.1 Å². The molecule has 10 heteroatoms. The van der Waals surface area contributed by atoms with E-state index in [0.717, 1.165) is 12.1 Å². The van der Waals surface area contributed by atoms with E-state index in [1.54, 1.807) is 0 Å². The lowest BCUT2D eigenvalue weighted by Gasteiger charge is -2.12. The van der Waals surface area contributed by atoms with E-state index in [4.69, 9.17) is 11.6 Å². The Hall–Kier alpha value is -2.23. The topological polar surface area (TPSA) is 118 Å². The summed E-state index contributed by atoms with van der Waals surface area (Å²) in [4.78, 5) is 14.2. The first-order valence-corrected chi connectivity index (χ1v) is 5.16. The zero-order valence-corrected chi connectivity index (χ0v) is 9.71. The zero-order valence-electron chi connectivity index (χ0n) is 9.71. The molecule has 0 radical (unpaired) electrons. The third-order valence-corrected chi connectivity index (χ3v) is 2.03. The Kier molecular flexibility index (Phi) is 4.75. The summed E-state index contributed by atoms with van der Waals surface area (Å²) < 4.78 is 37.7. The number of primary amides is 1. The number of nitrogen functional groups attached to an aromatic ring is 1. The normalized spacial score (nSPS) is 10.9. The number of rotatable bonds is 5. The van der Waals surface area contributed by atoms with Crippen molar-refractivity contribution in [3.63, 3.8) is 0 Å². The molecule has 0 spiro atoms. The van der Waals surface area contributed by atoms with Crippen LogP contribution in [-0.2, 0) is 6.18 Å². The summed E-state index contributed by atoms with van der Waals surface area (Å²) in [7, 11) is 0. The van der Waals surface area contributed by atoms with E-state index < -0.39 is 17.8 Å². The molecule has 1 aromatic heterocycles. The van der Waals surface area contributed by atoms with Crippen molar-refractivity contribution in [3.8, 4) is 0 Å². The molecule has 0 aromatic carbocycles. The van der Waals surface area contributed by atoms with E-state index in [2.05, 4.69) is 15.6 Å². The number of hydrogen-bond donors (Lipinski definition) is 5. The number of anilines is 2. The van der Waals surface area contributed by atoms with Gasteiger partial charge in [0.05, 0.1) is 5.56 Å². The SMILES string of the molecule is NNc1cc(C(F)(F)F)cc(NCCNC(N)=O)n1. The van der Waals surface area contributed by atoms with Crippen LogP contribution in [0.25, 0.3) is 0 Å². The molecule has 0 fully saturated rings. The second kappa shape index (κ2) is 6.09. The Morgan fingerprint density at radius 1 is 1.26 bits per heavy atom. The Labute approximate surface area is 106 Å². The first-order chi connectivity index (χ1) is 8.82. The quantitative estimate of drug-likeness (QED) is 0.305. The van der Waals surface area contributed by atoms with Gasteiger partial charge in [0.1, 0.15) is 11.6 Å². The number of alkyl halides is 3. The summed E-state index contributed by atoms with van der Waals surface area (Å²) in [6.45, 7) is 0.319. The molecule has 1 aromatic rings. The predicted octanol–water partition coefficient (Wildman–Crippen LogP) is 0.466. The van der Waals surface area contributed by atoms with Crippen molar-refractivity contribution in [1.29, 1.82) is 0 Å². The number of pyridine rings is 1. The molecule has 0 bridgehead atoms. The number of nitrogens with one attached hydrogen (secondary N) is 3. The van der Waals surface area contributed by atoms with Gasteiger partial charge in [-0.25, -0.2) is 15.6 Å². The van der Waals surface area contributed by atoms with Crippen molar-refractivity contribution in [1.82, 2.24) is 10.3 Å². The maximum atomic E-state index is 12.6. The Morgan fingerprint density at radius 3 is 2.42 bits per heavy atom. The first-order valence-electron chi connectivity index (χ1n) is 5.16. The number of aromatic nitrogens is 1. The minimum Gasteiger partial charge on any atom is -0.368 e. The van der Waals surface area contributed by atoms with Gasteiger partial charge in [-0.15, -0.1) is 0 Å². The van der Waals surface area contributed by atoms with Crippen LogP contribution in [0.5, 0.6) is 0 Å². The molecule has 0 aliphatic carbocycles. The first kappa shape index (κ1) is 14.8. The second-order valence-corrected chi connectivity index (χ2v) is 3.49. The van der Waals surface area contributed by atoms with Crippen LogP contribution in [0.2, 0.25) is 0 Å². The molecule has 0 aliphatic heterocycles. The third kappa shape index (κ3) is 4.87. The van der Waals surface area contributed by atoms with Crippen molar-refractivity contribution >= 4 is 17.7 Å². The van der Waals surface area contributed by atoms with E-state index in [0.29, 0.717) is 0 Å². The van der Waals surface area contributed by atoms with Crippen LogP contribution >= 0.6 is 0 Å². The van der Waals surface area contributed by atoms with Crippen LogP contribution in [0.4, 0.5) is 29.6 Å². The molecule has 106 valence electrons. The van der Waals surface area contributed by atoms with Gasteiger partial charge in [-0.3, -0.25) is 0 Å². The Morgan fingerprint density at radius 2 is 1.89 bits per heavy atom. The monoisotopic (exact) mass is 278 g/mol. The highest BCUT2D eigenvalue weighted by atomic mass is 19.4. The van der Waals surface area contributed by atoms with Crippen molar-refractivity contribution in [2.45, 2.75) is 6.18 Å². The van der Waals surface area contributed by atoms with Crippen LogP contribution < -0.4 is 27.6 Å². The smallest absolute Gasteiger partial charge is 0.368 e. The molecular weight excluding hydrogens is 265 g/mol. The molecule has 2 amide bonds. The molecule has 1 rings (SSSR count). The lowest BCUT2D eigenvalue weighted by molar-refractivity contribution is -0.137. The van der Waals surface area contributed by atoms with Crippen LogP contribution in [0, 0.1) is 0 Å². The number of hydrazine groups is 1. The highest BCUT2D eigenvalue weighted by Crippen LogP contribution is 2.31. The number of nitrogens with zero attached hydrogens (tertiary/aromatic N) is 1. The van der Waals surface area contributed by atoms with Gasteiger partial charge in [-0.05, 0) is 12.1 Å². The molecule has 0 unspecified atom stereocenters. The summed E-state index contributed by atoms with van der Waals surface area (Å²) in [6, 6.07) is 0.904. The molecular formula is C9H13F3N6O. The lowest BCUT2D eigenvalue weighted by Crippen LogP contribution is -2.33. The van der Waals surface area contributed by atoms with Gasteiger partial charge >= 0.3 is 12.2 Å². The molecule has 0 atom stereocenters. The van der Waals surface area contributed by atoms with Gasteiger partial charge in [0.2, 0.25) is 0 Å². The fourth-order valence-electron chi connectivity index (χ4n) is 1.24. The second-order valence-electron chi connectivity index (χ2n) is 3.49. The Bertz CT molecular complexity index is 450. The predicted molar refractivity (Wildman–Crippen MR) is 63.1 cm³/mol. The highest BCUT2D eigenvalue weighted by Gasteiger charge is 2.31. The fraction of sp³-hybridized carbons (Fsp3) is 0.333. The minimum atomic E-state index is -4.50. The molecule has 7 nitrogen and oxygen atoms in total. The number of carbonyl (C=O) groups is 1. The number of urea groups is 1. The molecule has 19 heavy (non-hydrogen) atoms. The van der Waals surface area contributed by atoms with Crippen LogP contribution in [0.1, 0.15) is 5.56 Å². The van der Waals surface area contributed by atoms with E-state index in [-0.39, 0.29) is 24.7 Å². The maximum absolute atomic E-state index is 12.6. The average molecular weight is 278 g/mol. The van der Waals surface area contributed by atoms with Gasteiger partial charge in [0.25, 0.3) is 0 Å². The summed E-state index contributed by atoms with van der Waals surface area (Å²) >= 11 is 0. The summed E-state index contributed by atoms with van der Waals surface area (Å²) in [5, 5.41) is 4.89. The van der Waals surface area contributed by atoms with Crippen LogP contribution in [0.15, 0.2) is 12.1 Å². The number of halogens is 3. The van der Waals surface area contributed by atoms with E-state index in [9.17, 15) is 18.0 Å². The number of hydrogen-bond acceptors (Lipinski definition) is 5. The van der Waals surface area contributed by atoms with E-state index in [1.807, 2.05) is 5.43 Å². The fourth-order valence-corrected chi connectivity index (χ4v) is 1.24. The largest absolute Gasteiger partial charge is 0.416 e. The molecule has 0 aliphatic rings. The molecule has 0 saturated heterocycles. The van der Waals surface area contributed by atoms with Gasteiger partial charge < -0.3 is 21.8 Å². The number of amides is 2. The van der Waals surface area contributed by atoms with Crippen molar-refractivity contribution in [3.05, 3.63) is 17.7 Å². The third-order valence-electron chi connectivity index (χ3n) is 2.03. The summed E-state index contributed by atoms with van der Waals surface area (Å²) in [6.07, 6.45) is -4.50. The lowest BCUT2D eigenvalue weighted by atomic mass is 10.2. The van der Waals surface area contributed by atoms with Crippen molar-refractivity contribution < 1.29 is 18.0 Å². The van der Waals surface area contributed by atoms with Crippen molar-refractivity contribution in [2.24, 2.45) is 11.6 Å². The summed E-state index contributed by atoms with van der Waals surface area (Å²) in [5.41, 5.74) is 5.99. The number of nitrogens with two attached hydrogens (primary N) is 2. The molecule has 1 heterocycles. The van der Waals surface area contributed by atoms with Gasteiger partial charge in [0, 0.05) is 13.1 Å². The van der Waals surface area contributed by atoms with Crippen LogP contribution in [0.3, 0.4) is 0 Å². The van der Waals surface area contributed by atoms with Crippen molar-refractivity contribution in [2.75, 3.05) is 23.8 Å². The highest BCUT2D eigenvalue weighted by molar-refractivity contribution is 5.71. The van der Waals surface area contributed by atoms with Gasteiger partial charge in [-0.2, -0.15) is 13.2 Å². The van der Waals surface area contributed by atoms with Gasteiger partial charge in [0.15, 0.2) is 0 Å². The standard InChI is InChI=1S/C9H13F3N6O/c10-9(11,12)5-3-6(17-7(4-5)18-14)15-1-2-16-8(13)19/h3-4H,1-2,14H2,(H3,13,16,19)(H2,15,17,18). The molecule has 7 N–H and O–H groups in total. The summed E-state index contributed by atoms with van der Waals surface area (Å²) in [5.74, 6) is 4.90. The van der Waals surface area contributed by atoms with Gasteiger partial charge in [-0.1, -0.05) is 0 Å².